The zero-order valence-corrected chi connectivity index (χ0v) is 12.6. The highest BCUT2D eigenvalue weighted by Gasteiger charge is 2.36. The fourth-order valence-corrected chi connectivity index (χ4v) is 3.43. The molecule has 0 bridgehead atoms. The van der Waals surface area contributed by atoms with Crippen LogP contribution < -0.4 is 11.1 Å². The molecule has 1 aliphatic heterocycles. The number of nitrogens with zero attached hydrogens (tertiary/aromatic N) is 1. The van der Waals surface area contributed by atoms with Crippen LogP contribution in [-0.4, -0.2) is 29.4 Å². The highest BCUT2D eigenvalue weighted by molar-refractivity contribution is 5.98. The van der Waals surface area contributed by atoms with Gasteiger partial charge in [-0.05, 0) is 56.5 Å². The minimum Gasteiger partial charge on any atom is -0.324 e. The van der Waals surface area contributed by atoms with Crippen molar-refractivity contribution in [1.82, 2.24) is 4.90 Å². The molecule has 1 aromatic rings. The normalized spacial score (nSPS) is 21.6. The van der Waals surface area contributed by atoms with Gasteiger partial charge in [-0.15, -0.1) is 0 Å². The average molecular weight is 287 g/mol. The van der Waals surface area contributed by atoms with Gasteiger partial charge in [-0.25, -0.2) is 0 Å². The fourth-order valence-electron chi connectivity index (χ4n) is 3.43. The molecular formula is C17H25N3O. The van der Waals surface area contributed by atoms with E-state index >= 15 is 0 Å². The van der Waals surface area contributed by atoms with Gasteiger partial charge < -0.3 is 11.1 Å². The number of rotatable bonds is 4. The van der Waals surface area contributed by atoms with Gasteiger partial charge in [-0.1, -0.05) is 25.0 Å². The lowest BCUT2D eigenvalue weighted by molar-refractivity contribution is -0.121. The molecule has 1 saturated heterocycles. The number of amides is 1. The SMILES string of the molecule is NC1(C(=O)Nc2cccc(CN3CCCC3)c2)CCCC1. The summed E-state index contributed by atoms with van der Waals surface area (Å²) in [6.45, 7) is 3.34. The van der Waals surface area contributed by atoms with Crippen molar-refractivity contribution in [3.63, 3.8) is 0 Å². The predicted octanol–water partition coefficient (Wildman–Crippen LogP) is 2.49. The number of likely N-dealkylation sites (tertiary alicyclic amines) is 1. The van der Waals surface area contributed by atoms with E-state index in [1.165, 1.54) is 31.5 Å². The smallest absolute Gasteiger partial charge is 0.244 e. The molecule has 1 aromatic carbocycles. The Balaban J connectivity index is 1.63. The van der Waals surface area contributed by atoms with E-state index in [0.29, 0.717) is 0 Å². The maximum Gasteiger partial charge on any atom is 0.244 e. The summed E-state index contributed by atoms with van der Waals surface area (Å²) in [5.74, 6) is -0.0293. The summed E-state index contributed by atoms with van der Waals surface area (Å²) < 4.78 is 0. The highest BCUT2D eigenvalue weighted by atomic mass is 16.2. The Morgan fingerprint density at radius 1 is 1.19 bits per heavy atom. The molecule has 1 amide bonds. The van der Waals surface area contributed by atoms with Crippen LogP contribution >= 0.6 is 0 Å². The van der Waals surface area contributed by atoms with E-state index in [1.807, 2.05) is 12.1 Å². The maximum atomic E-state index is 12.3. The van der Waals surface area contributed by atoms with Gasteiger partial charge in [-0.3, -0.25) is 9.69 Å². The zero-order chi connectivity index (χ0) is 14.7. The number of carbonyl (C=O) groups excluding carboxylic acids is 1. The summed E-state index contributed by atoms with van der Waals surface area (Å²) in [4.78, 5) is 14.8. The molecule has 2 aliphatic rings. The van der Waals surface area contributed by atoms with E-state index in [9.17, 15) is 4.79 Å². The summed E-state index contributed by atoms with van der Waals surface area (Å²) in [6, 6.07) is 8.17. The number of benzene rings is 1. The van der Waals surface area contributed by atoms with Gasteiger partial charge in [0.15, 0.2) is 0 Å². The second-order valence-electron chi connectivity index (χ2n) is 6.50. The van der Waals surface area contributed by atoms with Gasteiger partial charge in [0, 0.05) is 12.2 Å². The molecule has 4 nitrogen and oxygen atoms in total. The zero-order valence-electron chi connectivity index (χ0n) is 12.6. The Morgan fingerprint density at radius 3 is 2.62 bits per heavy atom. The third-order valence-corrected chi connectivity index (χ3v) is 4.74. The van der Waals surface area contributed by atoms with Crippen molar-refractivity contribution in [2.24, 2.45) is 5.73 Å². The monoisotopic (exact) mass is 287 g/mol. The molecule has 1 aliphatic carbocycles. The second kappa shape index (κ2) is 6.16. The molecule has 0 spiro atoms. The van der Waals surface area contributed by atoms with Crippen LogP contribution in [0.4, 0.5) is 5.69 Å². The lowest BCUT2D eigenvalue weighted by atomic mass is 9.98. The number of carbonyl (C=O) groups is 1. The molecule has 0 radical (unpaired) electrons. The van der Waals surface area contributed by atoms with Gasteiger partial charge in [0.05, 0.1) is 5.54 Å². The van der Waals surface area contributed by atoms with Crippen LogP contribution in [0, 0.1) is 0 Å². The van der Waals surface area contributed by atoms with Crippen LogP contribution in [0.3, 0.4) is 0 Å². The summed E-state index contributed by atoms with van der Waals surface area (Å²) in [5, 5.41) is 3.01. The number of nitrogens with one attached hydrogen (secondary N) is 1. The first-order valence-corrected chi connectivity index (χ1v) is 8.07. The van der Waals surface area contributed by atoms with Gasteiger partial charge in [0.2, 0.25) is 5.91 Å². The second-order valence-corrected chi connectivity index (χ2v) is 6.50. The Hall–Kier alpha value is -1.39. The van der Waals surface area contributed by atoms with Crippen LogP contribution in [0.2, 0.25) is 0 Å². The van der Waals surface area contributed by atoms with Crippen molar-refractivity contribution in [3.05, 3.63) is 29.8 Å². The summed E-state index contributed by atoms with van der Waals surface area (Å²) in [5.41, 5.74) is 7.66. The minimum absolute atomic E-state index is 0.0293. The van der Waals surface area contributed by atoms with E-state index in [2.05, 4.69) is 22.3 Å². The van der Waals surface area contributed by atoms with Crippen molar-refractivity contribution in [2.45, 2.75) is 50.6 Å². The highest BCUT2D eigenvalue weighted by Crippen LogP contribution is 2.28. The summed E-state index contributed by atoms with van der Waals surface area (Å²) in [7, 11) is 0. The molecule has 2 fully saturated rings. The van der Waals surface area contributed by atoms with Gasteiger partial charge in [0.25, 0.3) is 0 Å². The largest absolute Gasteiger partial charge is 0.324 e. The molecule has 114 valence electrons. The predicted molar refractivity (Wildman–Crippen MR) is 85.0 cm³/mol. The van der Waals surface area contributed by atoms with Crippen LogP contribution in [0.1, 0.15) is 44.1 Å². The number of anilines is 1. The molecule has 21 heavy (non-hydrogen) atoms. The third-order valence-electron chi connectivity index (χ3n) is 4.74. The number of hydrogen-bond donors (Lipinski definition) is 2. The van der Waals surface area contributed by atoms with Crippen LogP contribution in [0.5, 0.6) is 0 Å². The molecule has 3 rings (SSSR count). The minimum atomic E-state index is -0.662. The first kappa shape index (κ1) is 14.5. The number of hydrogen-bond acceptors (Lipinski definition) is 3. The lowest BCUT2D eigenvalue weighted by Gasteiger charge is -2.22. The van der Waals surface area contributed by atoms with E-state index in [-0.39, 0.29) is 5.91 Å². The molecule has 0 atom stereocenters. The number of nitrogens with two attached hydrogens (primary N) is 1. The maximum absolute atomic E-state index is 12.3. The molecular weight excluding hydrogens is 262 g/mol. The van der Waals surface area contributed by atoms with E-state index in [4.69, 9.17) is 5.73 Å². The summed E-state index contributed by atoms with van der Waals surface area (Å²) >= 11 is 0. The summed E-state index contributed by atoms with van der Waals surface area (Å²) in [6.07, 6.45) is 6.30. The topological polar surface area (TPSA) is 58.4 Å². The first-order valence-electron chi connectivity index (χ1n) is 8.07. The van der Waals surface area contributed by atoms with E-state index < -0.39 is 5.54 Å². The molecule has 4 heteroatoms. The van der Waals surface area contributed by atoms with Crippen molar-refractivity contribution in [2.75, 3.05) is 18.4 Å². The Kier molecular flexibility index (Phi) is 4.27. The van der Waals surface area contributed by atoms with E-state index in [1.54, 1.807) is 0 Å². The first-order chi connectivity index (χ1) is 10.2. The Morgan fingerprint density at radius 2 is 1.90 bits per heavy atom. The van der Waals surface area contributed by atoms with E-state index in [0.717, 1.165) is 37.9 Å². The van der Waals surface area contributed by atoms with Gasteiger partial charge in [0.1, 0.15) is 0 Å². The van der Waals surface area contributed by atoms with Crippen molar-refractivity contribution < 1.29 is 4.79 Å². The molecule has 0 unspecified atom stereocenters. The van der Waals surface area contributed by atoms with Crippen molar-refractivity contribution in [1.29, 1.82) is 0 Å². The fraction of sp³-hybridized carbons (Fsp3) is 0.588. The molecule has 0 aromatic heterocycles. The third kappa shape index (κ3) is 3.44. The van der Waals surface area contributed by atoms with Gasteiger partial charge in [-0.2, -0.15) is 0 Å². The van der Waals surface area contributed by atoms with Crippen molar-refractivity contribution >= 4 is 11.6 Å². The van der Waals surface area contributed by atoms with Gasteiger partial charge >= 0.3 is 0 Å². The standard InChI is InChI=1S/C17H25N3O/c18-17(8-1-2-9-17)16(21)19-15-7-5-6-14(12-15)13-20-10-3-4-11-20/h5-7,12H,1-4,8-11,13,18H2,(H,19,21). The van der Waals surface area contributed by atoms with Crippen LogP contribution in [0.15, 0.2) is 24.3 Å². The quantitative estimate of drug-likeness (QED) is 0.894. The van der Waals surface area contributed by atoms with Crippen LogP contribution in [-0.2, 0) is 11.3 Å². The average Bonchev–Trinajstić information content (AvgIpc) is 3.12. The lowest BCUT2D eigenvalue weighted by Crippen LogP contribution is -2.48. The Bertz CT molecular complexity index is 503. The Labute approximate surface area is 126 Å². The molecule has 1 heterocycles. The molecule has 1 saturated carbocycles. The van der Waals surface area contributed by atoms with Crippen molar-refractivity contribution in [3.8, 4) is 0 Å². The molecule has 3 N–H and O–H groups in total. The van der Waals surface area contributed by atoms with Crippen LogP contribution in [0.25, 0.3) is 0 Å².